The lowest BCUT2D eigenvalue weighted by molar-refractivity contribution is 0.431. The molecule has 0 atom stereocenters. The van der Waals surface area contributed by atoms with Gasteiger partial charge in [-0.25, -0.2) is 4.39 Å². The van der Waals surface area contributed by atoms with E-state index in [1.165, 1.54) is 12.1 Å². The van der Waals surface area contributed by atoms with Crippen LogP contribution in [0.25, 0.3) is 22.8 Å². The number of hydrogen-bond donors (Lipinski definition) is 1. The fourth-order valence-corrected chi connectivity index (χ4v) is 2.52. The predicted octanol–water partition coefficient (Wildman–Crippen LogP) is 4.62. The van der Waals surface area contributed by atoms with Gasteiger partial charge >= 0.3 is 0 Å². The van der Waals surface area contributed by atoms with Gasteiger partial charge in [-0.3, -0.25) is 0 Å². The molecule has 7 heteroatoms. The zero-order chi connectivity index (χ0) is 15.0. The molecule has 3 aromatic rings. The van der Waals surface area contributed by atoms with E-state index < -0.39 is 0 Å². The molecule has 1 heterocycles. The minimum Gasteiger partial charge on any atom is -0.507 e. The molecule has 0 aliphatic carbocycles. The number of phenolic OH excluding ortho intramolecular Hbond substituents is 1. The SMILES string of the molecule is Oc1cc(-c2nc(-c3cc(F)ccc3Br)no2)ccc1I. The van der Waals surface area contributed by atoms with Crippen LogP contribution in [0.4, 0.5) is 4.39 Å². The number of benzene rings is 2. The zero-order valence-electron chi connectivity index (χ0n) is 10.3. The highest BCUT2D eigenvalue weighted by atomic mass is 127. The smallest absolute Gasteiger partial charge is 0.258 e. The number of aromatic nitrogens is 2. The van der Waals surface area contributed by atoms with E-state index in [9.17, 15) is 9.50 Å². The lowest BCUT2D eigenvalue weighted by atomic mass is 10.2. The van der Waals surface area contributed by atoms with Crippen LogP contribution in [-0.2, 0) is 0 Å². The molecule has 3 rings (SSSR count). The zero-order valence-corrected chi connectivity index (χ0v) is 14.1. The maximum absolute atomic E-state index is 13.3. The number of aromatic hydroxyl groups is 1. The maximum Gasteiger partial charge on any atom is 0.258 e. The van der Waals surface area contributed by atoms with Crippen molar-refractivity contribution in [1.29, 1.82) is 0 Å². The van der Waals surface area contributed by atoms with Crippen molar-refractivity contribution in [2.75, 3.05) is 0 Å². The highest BCUT2D eigenvalue weighted by Gasteiger charge is 2.14. The second-order valence-corrected chi connectivity index (χ2v) is 6.23. The van der Waals surface area contributed by atoms with E-state index in [2.05, 4.69) is 26.1 Å². The average Bonchev–Trinajstić information content (AvgIpc) is 2.94. The van der Waals surface area contributed by atoms with E-state index in [1.807, 2.05) is 22.6 Å². The molecule has 0 spiro atoms. The molecule has 1 aromatic heterocycles. The molecular formula is C14H7BrFIN2O2. The van der Waals surface area contributed by atoms with E-state index >= 15 is 0 Å². The van der Waals surface area contributed by atoms with E-state index in [0.29, 0.717) is 15.6 Å². The van der Waals surface area contributed by atoms with Crippen molar-refractivity contribution in [2.45, 2.75) is 0 Å². The molecule has 0 aliphatic heterocycles. The van der Waals surface area contributed by atoms with Gasteiger partial charge in [-0.2, -0.15) is 4.98 Å². The molecule has 0 bridgehead atoms. The first-order valence-corrected chi connectivity index (χ1v) is 7.70. The number of halogens is 3. The third-order valence-corrected chi connectivity index (χ3v) is 4.39. The molecule has 1 N–H and O–H groups in total. The van der Waals surface area contributed by atoms with E-state index in [4.69, 9.17) is 4.52 Å². The summed E-state index contributed by atoms with van der Waals surface area (Å²) in [6, 6.07) is 9.29. The molecule has 0 saturated heterocycles. The molecule has 21 heavy (non-hydrogen) atoms. The van der Waals surface area contributed by atoms with Crippen LogP contribution >= 0.6 is 38.5 Å². The largest absolute Gasteiger partial charge is 0.507 e. The van der Waals surface area contributed by atoms with Gasteiger partial charge in [-0.1, -0.05) is 21.1 Å². The van der Waals surface area contributed by atoms with Crippen LogP contribution in [0.5, 0.6) is 5.75 Å². The Balaban J connectivity index is 2.03. The first kappa shape index (κ1) is 14.5. The van der Waals surface area contributed by atoms with Crippen LogP contribution in [0.2, 0.25) is 0 Å². The topological polar surface area (TPSA) is 59.2 Å². The summed E-state index contributed by atoms with van der Waals surface area (Å²) in [5.41, 5.74) is 1.10. The monoisotopic (exact) mass is 460 g/mol. The highest BCUT2D eigenvalue weighted by Crippen LogP contribution is 2.30. The van der Waals surface area contributed by atoms with Crippen molar-refractivity contribution < 1.29 is 14.0 Å². The molecular weight excluding hydrogens is 454 g/mol. The number of hydrogen-bond acceptors (Lipinski definition) is 4. The molecule has 0 unspecified atom stereocenters. The van der Waals surface area contributed by atoms with Gasteiger partial charge in [-0.15, -0.1) is 0 Å². The second-order valence-electron chi connectivity index (χ2n) is 4.21. The van der Waals surface area contributed by atoms with Crippen LogP contribution in [-0.4, -0.2) is 15.2 Å². The fourth-order valence-electron chi connectivity index (χ4n) is 1.76. The number of nitrogens with zero attached hydrogens (tertiary/aromatic N) is 2. The van der Waals surface area contributed by atoms with Gasteiger partial charge in [0.1, 0.15) is 11.6 Å². The van der Waals surface area contributed by atoms with Crippen molar-refractivity contribution in [3.05, 3.63) is 50.3 Å². The van der Waals surface area contributed by atoms with Gasteiger partial charge in [0, 0.05) is 15.6 Å². The van der Waals surface area contributed by atoms with Crippen LogP contribution < -0.4 is 0 Å². The first-order chi connectivity index (χ1) is 10.0. The predicted molar refractivity (Wildman–Crippen MR) is 87.2 cm³/mol. The van der Waals surface area contributed by atoms with Gasteiger partial charge in [0.15, 0.2) is 0 Å². The van der Waals surface area contributed by atoms with Crippen molar-refractivity contribution in [1.82, 2.24) is 10.1 Å². The van der Waals surface area contributed by atoms with Gasteiger partial charge < -0.3 is 9.63 Å². The Morgan fingerprint density at radius 3 is 2.76 bits per heavy atom. The van der Waals surface area contributed by atoms with Gasteiger partial charge in [0.25, 0.3) is 5.89 Å². The summed E-state index contributed by atoms with van der Waals surface area (Å²) in [5.74, 6) is 0.286. The summed E-state index contributed by atoms with van der Waals surface area (Å²) in [5, 5.41) is 13.6. The Bertz CT molecular complexity index is 822. The van der Waals surface area contributed by atoms with Crippen molar-refractivity contribution >= 4 is 38.5 Å². The fraction of sp³-hybridized carbons (Fsp3) is 0. The summed E-state index contributed by atoms with van der Waals surface area (Å²) < 4.78 is 19.9. The van der Waals surface area contributed by atoms with Crippen LogP contribution in [0.15, 0.2) is 45.4 Å². The Hall–Kier alpha value is -1.48. The van der Waals surface area contributed by atoms with Crippen LogP contribution in [0, 0.1) is 9.39 Å². The molecule has 0 saturated carbocycles. The van der Waals surface area contributed by atoms with Crippen LogP contribution in [0.1, 0.15) is 0 Å². The second kappa shape index (κ2) is 5.72. The number of rotatable bonds is 2. The van der Waals surface area contributed by atoms with Gasteiger partial charge in [0.05, 0.1) is 3.57 Å². The quantitative estimate of drug-likeness (QED) is 0.567. The first-order valence-electron chi connectivity index (χ1n) is 5.82. The Kier molecular flexibility index (Phi) is 3.94. The molecule has 0 aliphatic rings. The lowest BCUT2D eigenvalue weighted by Gasteiger charge is -1.99. The molecule has 0 radical (unpaired) electrons. The molecule has 0 amide bonds. The summed E-state index contributed by atoms with van der Waals surface area (Å²) in [6.07, 6.45) is 0. The maximum atomic E-state index is 13.3. The van der Waals surface area contributed by atoms with E-state index in [1.54, 1.807) is 24.3 Å². The minimum absolute atomic E-state index is 0.139. The van der Waals surface area contributed by atoms with Crippen molar-refractivity contribution in [2.24, 2.45) is 0 Å². The average molecular weight is 461 g/mol. The normalized spacial score (nSPS) is 10.8. The lowest BCUT2D eigenvalue weighted by Crippen LogP contribution is -1.85. The third-order valence-electron chi connectivity index (χ3n) is 2.79. The summed E-state index contributed by atoms with van der Waals surface area (Å²) in [6.45, 7) is 0. The van der Waals surface area contributed by atoms with Crippen LogP contribution in [0.3, 0.4) is 0 Å². The minimum atomic E-state index is -0.383. The Labute approximate surface area is 141 Å². The standard InChI is InChI=1S/C14H7BrFIN2O2/c15-10-3-2-8(16)6-9(10)13-18-14(21-19-13)7-1-4-11(17)12(20)5-7/h1-6,20H. The summed E-state index contributed by atoms with van der Waals surface area (Å²) in [4.78, 5) is 4.24. The van der Waals surface area contributed by atoms with Crippen molar-refractivity contribution in [3.63, 3.8) is 0 Å². The summed E-state index contributed by atoms with van der Waals surface area (Å²) >= 11 is 5.34. The molecule has 106 valence electrons. The van der Waals surface area contributed by atoms with E-state index in [0.717, 1.165) is 3.57 Å². The van der Waals surface area contributed by atoms with Gasteiger partial charge in [-0.05, 0) is 59.0 Å². The Morgan fingerprint density at radius 2 is 2.00 bits per heavy atom. The molecule has 0 fully saturated rings. The van der Waals surface area contributed by atoms with Gasteiger partial charge in [0.2, 0.25) is 5.82 Å². The number of phenols is 1. The molecule has 4 nitrogen and oxygen atoms in total. The third kappa shape index (κ3) is 2.93. The highest BCUT2D eigenvalue weighted by molar-refractivity contribution is 14.1. The van der Waals surface area contributed by atoms with Crippen molar-refractivity contribution in [3.8, 4) is 28.6 Å². The van der Waals surface area contributed by atoms with E-state index in [-0.39, 0.29) is 23.3 Å². The Morgan fingerprint density at radius 1 is 1.19 bits per heavy atom. The molecule has 2 aromatic carbocycles. The summed E-state index contributed by atoms with van der Waals surface area (Å²) in [7, 11) is 0.